The van der Waals surface area contributed by atoms with Crippen LogP contribution < -0.4 is 0 Å². The first-order chi connectivity index (χ1) is 6.97. The van der Waals surface area contributed by atoms with Crippen LogP contribution in [0.3, 0.4) is 0 Å². The second-order valence-corrected chi connectivity index (χ2v) is 13.8. The highest BCUT2D eigenvalue weighted by molar-refractivity contribution is 9.09. The van der Waals surface area contributed by atoms with Crippen LogP contribution in [-0.2, 0) is 0 Å². The Morgan fingerprint density at radius 1 is 0.933 bits per heavy atom. The molecule has 0 heterocycles. The Balaban J connectivity index is 1.92. The van der Waals surface area contributed by atoms with Crippen LogP contribution in [0.4, 0.5) is 0 Å². The molecule has 0 aromatic heterocycles. The maximum absolute atomic E-state index is 4.03. The first kappa shape index (κ1) is 10.8. The number of hydrogen-bond donors (Lipinski definition) is 0. The zero-order valence-electron chi connectivity index (χ0n) is 10.2. The van der Waals surface area contributed by atoms with Gasteiger partial charge in [-0.2, -0.15) is 0 Å². The van der Waals surface area contributed by atoms with Crippen LogP contribution in [0.2, 0.25) is 25.2 Å². The Kier molecular flexibility index (Phi) is 2.42. The standard InChI is InChI=1S/C13H23BrSi/c1-15(2,3)13-10-5-8-4-9(7-10)12(14)11(13)6-8/h8-13H,4-7H2,1-3H3/t8?,9?,10?,11?,12-,13+/m0/s1. The number of rotatable bonds is 1. The zero-order chi connectivity index (χ0) is 10.8. The molecule has 0 nitrogen and oxygen atoms in total. The van der Waals surface area contributed by atoms with Crippen molar-refractivity contribution in [3.63, 3.8) is 0 Å². The highest BCUT2D eigenvalue weighted by Gasteiger charge is 2.55. The van der Waals surface area contributed by atoms with Crippen molar-refractivity contribution in [3.8, 4) is 0 Å². The highest BCUT2D eigenvalue weighted by atomic mass is 79.9. The normalized spacial score (nSPS) is 53.6. The molecule has 0 aromatic carbocycles. The van der Waals surface area contributed by atoms with Crippen molar-refractivity contribution in [3.05, 3.63) is 0 Å². The summed E-state index contributed by atoms with van der Waals surface area (Å²) in [5.74, 6) is 4.32. The van der Waals surface area contributed by atoms with Crippen LogP contribution in [-0.4, -0.2) is 12.9 Å². The monoisotopic (exact) mass is 286 g/mol. The van der Waals surface area contributed by atoms with Crippen molar-refractivity contribution in [1.29, 1.82) is 0 Å². The van der Waals surface area contributed by atoms with Crippen LogP contribution in [0.25, 0.3) is 0 Å². The minimum atomic E-state index is -0.933. The van der Waals surface area contributed by atoms with Gasteiger partial charge in [0.1, 0.15) is 0 Å². The van der Waals surface area contributed by atoms with Crippen molar-refractivity contribution >= 4 is 24.0 Å². The van der Waals surface area contributed by atoms with Gasteiger partial charge in [-0.25, -0.2) is 0 Å². The molecule has 4 unspecified atom stereocenters. The molecule has 4 saturated carbocycles. The minimum Gasteiger partial charge on any atom is -0.0885 e. The van der Waals surface area contributed by atoms with Crippen LogP contribution in [0, 0.1) is 23.7 Å². The molecule has 0 saturated heterocycles. The predicted molar refractivity (Wildman–Crippen MR) is 72.2 cm³/mol. The van der Waals surface area contributed by atoms with Gasteiger partial charge in [-0.15, -0.1) is 0 Å². The maximum Gasteiger partial charge on any atom is 0.0479 e. The fourth-order valence-corrected chi connectivity index (χ4v) is 9.76. The van der Waals surface area contributed by atoms with Gasteiger partial charge in [0, 0.05) is 12.9 Å². The van der Waals surface area contributed by atoms with Crippen LogP contribution >= 0.6 is 15.9 Å². The summed E-state index contributed by atoms with van der Waals surface area (Å²) in [6.07, 6.45) is 6.23. The van der Waals surface area contributed by atoms with Crippen molar-refractivity contribution in [2.75, 3.05) is 0 Å². The van der Waals surface area contributed by atoms with E-state index >= 15 is 0 Å². The van der Waals surface area contributed by atoms with Crippen LogP contribution in [0.15, 0.2) is 0 Å². The van der Waals surface area contributed by atoms with Crippen molar-refractivity contribution in [1.82, 2.24) is 0 Å². The second-order valence-electron chi connectivity index (χ2n) is 7.33. The lowest BCUT2D eigenvalue weighted by molar-refractivity contribution is 0.0266. The van der Waals surface area contributed by atoms with E-state index in [-0.39, 0.29) is 0 Å². The summed E-state index contributed by atoms with van der Waals surface area (Å²) in [7, 11) is -0.933. The molecule has 0 aromatic rings. The molecule has 0 spiro atoms. The Bertz CT molecular complexity index is 270. The van der Waals surface area contributed by atoms with Gasteiger partial charge in [0.25, 0.3) is 0 Å². The van der Waals surface area contributed by atoms with E-state index in [0.717, 1.165) is 34.0 Å². The van der Waals surface area contributed by atoms with E-state index in [1.54, 1.807) is 25.7 Å². The lowest BCUT2D eigenvalue weighted by atomic mass is 9.56. The molecule has 4 rings (SSSR count). The summed E-state index contributed by atoms with van der Waals surface area (Å²) < 4.78 is 0. The Hall–Kier alpha value is 0.697. The molecular weight excluding hydrogens is 264 g/mol. The van der Waals surface area contributed by atoms with Gasteiger partial charge in [-0.1, -0.05) is 35.6 Å². The summed E-state index contributed by atoms with van der Waals surface area (Å²) in [4.78, 5) is 0.877. The van der Waals surface area contributed by atoms with E-state index in [9.17, 15) is 0 Å². The quantitative estimate of drug-likeness (QED) is 0.491. The Morgan fingerprint density at radius 2 is 1.60 bits per heavy atom. The Labute approximate surface area is 103 Å². The smallest absolute Gasteiger partial charge is 0.0479 e. The average Bonchev–Trinajstić information content (AvgIpc) is 2.10. The molecule has 4 bridgehead atoms. The van der Waals surface area contributed by atoms with E-state index in [0.29, 0.717) is 0 Å². The van der Waals surface area contributed by atoms with E-state index in [4.69, 9.17) is 0 Å². The summed E-state index contributed by atoms with van der Waals surface area (Å²) in [5.41, 5.74) is 1.12. The summed E-state index contributed by atoms with van der Waals surface area (Å²) in [6, 6.07) is 0. The largest absolute Gasteiger partial charge is 0.0885 e. The van der Waals surface area contributed by atoms with Crippen molar-refractivity contribution in [2.45, 2.75) is 55.7 Å². The summed E-state index contributed by atoms with van der Waals surface area (Å²) in [5, 5.41) is 0. The van der Waals surface area contributed by atoms with E-state index in [1.165, 1.54) is 0 Å². The maximum atomic E-state index is 4.03. The molecule has 15 heavy (non-hydrogen) atoms. The van der Waals surface area contributed by atoms with Crippen LogP contribution in [0.1, 0.15) is 25.7 Å². The third-order valence-corrected chi connectivity index (χ3v) is 9.64. The predicted octanol–water partition coefficient (Wildman–Crippen LogP) is 4.52. The zero-order valence-corrected chi connectivity index (χ0v) is 12.8. The molecule has 4 aliphatic rings. The van der Waals surface area contributed by atoms with E-state index in [2.05, 4.69) is 35.6 Å². The summed E-state index contributed by atoms with van der Waals surface area (Å²) >= 11 is 4.03. The third kappa shape index (κ3) is 1.58. The Morgan fingerprint density at radius 3 is 2.27 bits per heavy atom. The molecule has 2 heteroatoms. The fourth-order valence-electron chi connectivity index (χ4n) is 5.19. The lowest BCUT2D eigenvalue weighted by Crippen LogP contribution is -2.55. The second kappa shape index (κ2) is 3.35. The fraction of sp³-hybridized carbons (Fsp3) is 1.00. The first-order valence-corrected chi connectivity index (χ1v) is 11.1. The molecule has 0 amide bonds. The molecule has 86 valence electrons. The molecule has 0 radical (unpaired) electrons. The number of alkyl halides is 1. The highest BCUT2D eigenvalue weighted by Crippen LogP contribution is 2.63. The lowest BCUT2D eigenvalue weighted by Gasteiger charge is -2.60. The molecule has 0 aliphatic heterocycles. The van der Waals surface area contributed by atoms with Gasteiger partial charge in [0.2, 0.25) is 0 Å². The van der Waals surface area contributed by atoms with Crippen molar-refractivity contribution in [2.24, 2.45) is 23.7 Å². The summed E-state index contributed by atoms with van der Waals surface area (Å²) in [6.45, 7) is 7.79. The third-order valence-electron chi connectivity index (χ3n) is 5.31. The molecule has 0 N–H and O–H groups in total. The van der Waals surface area contributed by atoms with Crippen molar-refractivity contribution < 1.29 is 0 Å². The molecule has 4 fully saturated rings. The van der Waals surface area contributed by atoms with Gasteiger partial charge >= 0.3 is 0 Å². The molecule has 4 aliphatic carbocycles. The minimum absolute atomic E-state index is 0.877. The number of halogens is 1. The average molecular weight is 287 g/mol. The molecular formula is C13H23BrSi. The van der Waals surface area contributed by atoms with Crippen LogP contribution in [0.5, 0.6) is 0 Å². The van der Waals surface area contributed by atoms with Gasteiger partial charge in [-0.3, -0.25) is 0 Å². The number of hydrogen-bond acceptors (Lipinski definition) is 0. The van der Waals surface area contributed by atoms with Gasteiger partial charge in [-0.05, 0) is 54.9 Å². The van der Waals surface area contributed by atoms with Gasteiger partial charge in [0.05, 0.1) is 0 Å². The van der Waals surface area contributed by atoms with E-state index in [1.807, 2.05) is 0 Å². The topological polar surface area (TPSA) is 0 Å². The molecule has 6 atom stereocenters. The van der Waals surface area contributed by atoms with E-state index < -0.39 is 8.07 Å². The SMILES string of the molecule is C[Si](C)(C)[C@@H]1C2CC3CC(C2)[C@H](Br)C1C3. The van der Waals surface area contributed by atoms with Gasteiger partial charge < -0.3 is 0 Å². The van der Waals surface area contributed by atoms with Gasteiger partial charge in [0.15, 0.2) is 0 Å². The first-order valence-electron chi connectivity index (χ1n) is 6.61.